The molecule has 47 heavy (non-hydrogen) atoms. The number of benzene rings is 7. The van der Waals surface area contributed by atoms with Gasteiger partial charge in [-0.25, -0.2) is 0 Å². The van der Waals surface area contributed by atoms with Crippen LogP contribution in [-0.4, -0.2) is 4.57 Å². The van der Waals surface area contributed by atoms with Crippen molar-refractivity contribution in [1.29, 1.82) is 0 Å². The summed E-state index contributed by atoms with van der Waals surface area (Å²) >= 11 is 3.80. The van der Waals surface area contributed by atoms with Crippen LogP contribution < -0.4 is 0 Å². The third-order valence-corrected chi connectivity index (χ3v) is 11.9. The molecule has 0 aliphatic carbocycles. The monoisotopic (exact) mass is 633 g/mol. The standard InChI is InChI=1S/C44H27NS2/c1-3-12-28(13-4-1)33-19-10-21-35-36-22-11-20-34(43(36)47-42(33)35)31-15-9-14-29(26-31)30-24-25-40-38(27-30)41-44(46-40)37-18-7-8-23-39(37)45(41)32-16-5-2-6-17-32/h1-27H. The second-order valence-electron chi connectivity index (χ2n) is 12.1. The molecule has 0 atom stereocenters. The Morgan fingerprint density at radius 2 is 0.957 bits per heavy atom. The summed E-state index contributed by atoms with van der Waals surface area (Å²) in [4.78, 5) is 0. The zero-order chi connectivity index (χ0) is 30.9. The van der Waals surface area contributed by atoms with Crippen molar-refractivity contribution < 1.29 is 0 Å². The lowest BCUT2D eigenvalue weighted by Crippen LogP contribution is -1.92. The summed E-state index contributed by atoms with van der Waals surface area (Å²) in [5.41, 5.74) is 11.3. The molecule has 220 valence electrons. The topological polar surface area (TPSA) is 4.93 Å². The average molecular weight is 634 g/mol. The van der Waals surface area contributed by atoms with Gasteiger partial charge in [0.1, 0.15) is 0 Å². The lowest BCUT2D eigenvalue weighted by atomic mass is 9.97. The molecule has 1 nitrogen and oxygen atoms in total. The van der Waals surface area contributed by atoms with Crippen molar-refractivity contribution in [2.75, 3.05) is 0 Å². The molecule has 0 amide bonds. The Morgan fingerprint density at radius 1 is 0.362 bits per heavy atom. The normalized spacial score (nSPS) is 11.8. The van der Waals surface area contributed by atoms with Crippen LogP contribution in [0.5, 0.6) is 0 Å². The third-order valence-electron chi connectivity index (χ3n) is 9.41. The number of rotatable bonds is 4. The number of fused-ring (bicyclic) bond motifs is 8. The average Bonchev–Trinajstić information content (AvgIpc) is 3.81. The van der Waals surface area contributed by atoms with Crippen LogP contribution in [0.4, 0.5) is 0 Å². The first-order valence-electron chi connectivity index (χ1n) is 15.9. The molecule has 0 bridgehead atoms. The van der Waals surface area contributed by atoms with E-state index in [1.807, 2.05) is 22.7 Å². The SMILES string of the molecule is c1ccc(-c2cccc3c2sc2c(-c4cccc(-c5ccc6sc7c8ccccc8n(-c8ccccc8)c7c6c5)c4)cccc23)cc1. The van der Waals surface area contributed by atoms with Crippen LogP contribution in [0.3, 0.4) is 0 Å². The van der Waals surface area contributed by atoms with E-state index in [9.17, 15) is 0 Å². The van der Waals surface area contributed by atoms with Gasteiger partial charge >= 0.3 is 0 Å². The Labute approximate surface area is 280 Å². The third kappa shape index (κ3) is 4.14. The molecule has 3 aromatic heterocycles. The molecule has 3 heteroatoms. The zero-order valence-electron chi connectivity index (χ0n) is 25.4. The fourth-order valence-corrected chi connectivity index (χ4v) is 9.83. The molecule has 0 saturated heterocycles. The number of hydrogen-bond acceptors (Lipinski definition) is 2. The van der Waals surface area contributed by atoms with Crippen molar-refractivity contribution in [1.82, 2.24) is 4.57 Å². The molecule has 10 rings (SSSR count). The number of nitrogens with zero attached hydrogens (tertiary/aromatic N) is 1. The van der Waals surface area contributed by atoms with Crippen LogP contribution >= 0.6 is 22.7 Å². The van der Waals surface area contributed by atoms with Gasteiger partial charge in [0, 0.05) is 41.3 Å². The van der Waals surface area contributed by atoms with Gasteiger partial charge in [-0.1, -0.05) is 127 Å². The maximum atomic E-state index is 2.44. The highest BCUT2D eigenvalue weighted by atomic mass is 32.1. The van der Waals surface area contributed by atoms with Gasteiger partial charge in [0.15, 0.2) is 0 Å². The molecule has 10 aromatic rings. The highest BCUT2D eigenvalue weighted by Gasteiger charge is 2.19. The molecule has 0 aliphatic heterocycles. The Morgan fingerprint density at radius 3 is 1.74 bits per heavy atom. The van der Waals surface area contributed by atoms with E-state index in [2.05, 4.69) is 168 Å². The minimum atomic E-state index is 1.19. The summed E-state index contributed by atoms with van der Waals surface area (Å²) in [5, 5.41) is 5.25. The molecule has 0 aliphatic rings. The van der Waals surface area contributed by atoms with E-state index in [1.165, 1.54) is 90.4 Å². The molecule has 7 aromatic carbocycles. The van der Waals surface area contributed by atoms with E-state index in [1.54, 1.807) is 0 Å². The van der Waals surface area contributed by atoms with Crippen LogP contribution in [0.2, 0.25) is 0 Å². The van der Waals surface area contributed by atoms with Gasteiger partial charge in [-0.05, 0) is 69.8 Å². The summed E-state index contributed by atoms with van der Waals surface area (Å²) in [5.74, 6) is 0. The Bertz CT molecular complexity index is 2780. The van der Waals surface area contributed by atoms with E-state index in [-0.39, 0.29) is 0 Å². The Kier molecular flexibility index (Phi) is 5.98. The second kappa shape index (κ2) is 10.5. The largest absolute Gasteiger partial charge is 0.308 e. The first-order valence-corrected chi connectivity index (χ1v) is 17.6. The van der Waals surface area contributed by atoms with Crippen LogP contribution in [-0.2, 0) is 0 Å². The van der Waals surface area contributed by atoms with E-state index >= 15 is 0 Å². The van der Waals surface area contributed by atoms with E-state index in [4.69, 9.17) is 0 Å². The number of aromatic nitrogens is 1. The lowest BCUT2D eigenvalue weighted by molar-refractivity contribution is 1.19. The molecule has 0 spiro atoms. The van der Waals surface area contributed by atoms with Crippen molar-refractivity contribution in [2.45, 2.75) is 0 Å². The summed E-state index contributed by atoms with van der Waals surface area (Å²) in [7, 11) is 0. The number of para-hydroxylation sites is 2. The molecule has 0 saturated carbocycles. The minimum absolute atomic E-state index is 1.19. The van der Waals surface area contributed by atoms with Gasteiger partial charge in [-0.2, -0.15) is 0 Å². The molecule has 0 N–H and O–H groups in total. The molecule has 0 unspecified atom stereocenters. The zero-order valence-corrected chi connectivity index (χ0v) is 27.0. The van der Waals surface area contributed by atoms with E-state index in [0.29, 0.717) is 0 Å². The smallest absolute Gasteiger partial charge is 0.0727 e. The van der Waals surface area contributed by atoms with Crippen LogP contribution in [0.15, 0.2) is 164 Å². The van der Waals surface area contributed by atoms with Crippen molar-refractivity contribution in [3.8, 4) is 39.1 Å². The first-order chi connectivity index (χ1) is 23.3. The predicted octanol–water partition coefficient (Wildman–Crippen LogP) is 13.4. The fraction of sp³-hybridized carbons (Fsp3) is 0. The summed E-state index contributed by atoms with van der Waals surface area (Å²) in [6.07, 6.45) is 0. The Balaban J connectivity index is 1.15. The van der Waals surface area contributed by atoms with Gasteiger partial charge < -0.3 is 4.57 Å². The molecular weight excluding hydrogens is 607 g/mol. The van der Waals surface area contributed by atoms with Gasteiger partial charge in [0.05, 0.1) is 15.7 Å². The predicted molar refractivity (Wildman–Crippen MR) is 205 cm³/mol. The highest BCUT2D eigenvalue weighted by Crippen LogP contribution is 2.46. The van der Waals surface area contributed by atoms with Crippen LogP contribution in [0.25, 0.3) is 90.4 Å². The summed E-state index contributed by atoms with van der Waals surface area (Å²) < 4.78 is 7.78. The molecular formula is C44H27NS2. The minimum Gasteiger partial charge on any atom is -0.308 e. The maximum absolute atomic E-state index is 2.44. The first kappa shape index (κ1) is 26.7. The lowest BCUT2D eigenvalue weighted by Gasteiger charge is -2.09. The van der Waals surface area contributed by atoms with Gasteiger partial charge in [0.2, 0.25) is 0 Å². The van der Waals surface area contributed by atoms with E-state index < -0.39 is 0 Å². The molecule has 0 fully saturated rings. The van der Waals surface area contributed by atoms with Crippen molar-refractivity contribution in [3.05, 3.63) is 164 Å². The van der Waals surface area contributed by atoms with Gasteiger partial charge in [-0.15, -0.1) is 22.7 Å². The number of thiophene rings is 2. The molecule has 0 radical (unpaired) electrons. The second-order valence-corrected chi connectivity index (χ2v) is 14.2. The van der Waals surface area contributed by atoms with Gasteiger partial charge in [-0.3, -0.25) is 0 Å². The van der Waals surface area contributed by atoms with Crippen molar-refractivity contribution in [3.63, 3.8) is 0 Å². The van der Waals surface area contributed by atoms with Crippen molar-refractivity contribution >= 4 is 74.1 Å². The van der Waals surface area contributed by atoms with Crippen LogP contribution in [0.1, 0.15) is 0 Å². The molecule has 3 heterocycles. The summed E-state index contributed by atoms with van der Waals surface area (Å²) in [6.45, 7) is 0. The van der Waals surface area contributed by atoms with E-state index in [0.717, 1.165) is 0 Å². The van der Waals surface area contributed by atoms with Gasteiger partial charge in [0.25, 0.3) is 0 Å². The number of hydrogen-bond donors (Lipinski definition) is 0. The Hall–Kier alpha value is -5.48. The van der Waals surface area contributed by atoms with Crippen LogP contribution in [0, 0.1) is 0 Å². The fourth-order valence-electron chi connectivity index (χ4n) is 7.25. The van der Waals surface area contributed by atoms with Crippen molar-refractivity contribution in [2.24, 2.45) is 0 Å². The quantitative estimate of drug-likeness (QED) is 0.182. The highest BCUT2D eigenvalue weighted by molar-refractivity contribution is 7.27. The summed E-state index contributed by atoms with van der Waals surface area (Å²) in [6, 6.07) is 59.9. The maximum Gasteiger partial charge on any atom is 0.0727 e.